The average Bonchev–Trinajstić information content (AvgIpc) is 2.97. The molecule has 9 heteroatoms. The minimum atomic E-state index is 0. The van der Waals surface area contributed by atoms with Crippen LogP contribution in [-0.2, 0) is 6.42 Å². The van der Waals surface area contributed by atoms with E-state index in [1.54, 1.807) is 6.20 Å². The lowest BCUT2D eigenvalue weighted by atomic mass is 10.0. The summed E-state index contributed by atoms with van der Waals surface area (Å²) in [6.07, 6.45) is 4.57. The second-order valence-electron chi connectivity index (χ2n) is 6.01. The van der Waals surface area contributed by atoms with Gasteiger partial charge in [-0.25, -0.2) is 4.98 Å². The van der Waals surface area contributed by atoms with Gasteiger partial charge in [0.2, 0.25) is 5.95 Å². The minimum Gasteiger partial charge on any atom is -0.460 e. The average molecular weight is 397 g/mol. The van der Waals surface area contributed by atoms with Gasteiger partial charge in [0.15, 0.2) is 0 Å². The molecule has 0 spiro atoms. The molecule has 1 aromatic carbocycles. The summed E-state index contributed by atoms with van der Waals surface area (Å²) in [5.74, 6) is 2.44. The van der Waals surface area contributed by atoms with Gasteiger partial charge in [0.25, 0.3) is 0 Å². The van der Waals surface area contributed by atoms with Crippen molar-refractivity contribution in [1.82, 2.24) is 20.2 Å². The van der Waals surface area contributed by atoms with Crippen LogP contribution in [0.3, 0.4) is 0 Å². The van der Waals surface area contributed by atoms with Crippen molar-refractivity contribution in [3.63, 3.8) is 0 Å². The molecule has 26 heavy (non-hydrogen) atoms. The number of nitrogens with one attached hydrogen (secondary N) is 1. The lowest BCUT2D eigenvalue weighted by Crippen LogP contribution is -2.40. The monoisotopic (exact) mass is 396 g/mol. The van der Waals surface area contributed by atoms with Crippen LogP contribution in [0.5, 0.6) is 5.75 Å². The molecular weight excluding hydrogens is 375 g/mol. The maximum atomic E-state index is 5.97. The molecule has 7 nitrogen and oxygen atoms in total. The van der Waals surface area contributed by atoms with E-state index in [0.717, 1.165) is 60.8 Å². The molecular formula is C17H22Cl2N6O. The molecule has 4 rings (SSSR count). The summed E-state index contributed by atoms with van der Waals surface area (Å²) < 4.78 is 5.97. The molecule has 1 fully saturated rings. The number of fused-ring (bicyclic) bond motifs is 1. The number of ether oxygens (including phenoxy) is 1. The molecule has 0 bridgehead atoms. The van der Waals surface area contributed by atoms with Crippen LogP contribution < -0.4 is 21.5 Å². The minimum absolute atomic E-state index is 0. The fourth-order valence-corrected chi connectivity index (χ4v) is 3.07. The summed E-state index contributed by atoms with van der Waals surface area (Å²) in [6, 6.07) is 6.02. The number of nitrogens with two attached hydrogens (primary N) is 2. The summed E-state index contributed by atoms with van der Waals surface area (Å²) in [5.41, 5.74) is 14.4. The fraction of sp³-hybridized carbons (Fsp3) is 0.294. The Morgan fingerprint density at radius 1 is 1.15 bits per heavy atom. The lowest BCUT2D eigenvalue weighted by Gasteiger charge is -2.26. The van der Waals surface area contributed by atoms with Crippen LogP contribution in [0, 0.1) is 0 Å². The highest BCUT2D eigenvalue weighted by molar-refractivity contribution is 5.85. The van der Waals surface area contributed by atoms with Crippen LogP contribution >= 0.6 is 24.8 Å². The number of hydrogen-bond acceptors (Lipinski definition) is 7. The predicted octanol–water partition coefficient (Wildman–Crippen LogP) is 1.83. The molecule has 0 amide bonds. The second-order valence-corrected chi connectivity index (χ2v) is 6.01. The number of benzene rings is 1. The highest BCUT2D eigenvalue weighted by atomic mass is 35.5. The summed E-state index contributed by atoms with van der Waals surface area (Å²) in [6.45, 7) is 4.04. The van der Waals surface area contributed by atoms with E-state index in [1.807, 2.05) is 12.1 Å². The molecule has 1 aromatic heterocycles. The SMILES string of the molecule is Cl.Cl.Nc1ncc(-c2ccc3c(c2)CC(=CN2CCNCC2)O3)c(N)n1. The number of anilines is 2. The zero-order valence-electron chi connectivity index (χ0n) is 14.1. The third-order valence-corrected chi connectivity index (χ3v) is 4.29. The van der Waals surface area contributed by atoms with Gasteiger partial charge in [0.1, 0.15) is 17.3 Å². The van der Waals surface area contributed by atoms with Crippen molar-refractivity contribution in [2.24, 2.45) is 0 Å². The maximum Gasteiger partial charge on any atom is 0.221 e. The van der Waals surface area contributed by atoms with Gasteiger partial charge in [0, 0.05) is 56.1 Å². The Bertz CT molecular complexity index is 808. The molecule has 140 valence electrons. The Hall–Kier alpha value is -2.22. The van der Waals surface area contributed by atoms with E-state index in [0.29, 0.717) is 5.82 Å². The van der Waals surface area contributed by atoms with E-state index in [-0.39, 0.29) is 30.8 Å². The van der Waals surface area contributed by atoms with Crippen molar-refractivity contribution >= 4 is 36.6 Å². The summed E-state index contributed by atoms with van der Waals surface area (Å²) in [4.78, 5) is 10.4. The van der Waals surface area contributed by atoms with Crippen LogP contribution in [0.1, 0.15) is 5.56 Å². The normalized spacial score (nSPS) is 17.1. The number of halogens is 2. The number of piperazine rings is 1. The smallest absolute Gasteiger partial charge is 0.221 e. The van der Waals surface area contributed by atoms with Crippen LogP contribution in [0.2, 0.25) is 0 Å². The van der Waals surface area contributed by atoms with Crippen molar-refractivity contribution in [2.45, 2.75) is 6.42 Å². The third-order valence-electron chi connectivity index (χ3n) is 4.29. The Labute approximate surface area is 164 Å². The Kier molecular flexibility index (Phi) is 6.52. The molecule has 3 heterocycles. The van der Waals surface area contributed by atoms with Crippen LogP contribution in [-0.4, -0.2) is 41.0 Å². The molecule has 0 saturated carbocycles. The summed E-state index contributed by atoms with van der Waals surface area (Å²) >= 11 is 0. The van der Waals surface area contributed by atoms with Gasteiger partial charge in [-0.3, -0.25) is 0 Å². The second kappa shape index (κ2) is 8.44. The zero-order chi connectivity index (χ0) is 16.5. The van der Waals surface area contributed by atoms with Crippen molar-refractivity contribution in [1.29, 1.82) is 0 Å². The van der Waals surface area contributed by atoms with E-state index in [9.17, 15) is 0 Å². The van der Waals surface area contributed by atoms with Gasteiger partial charge < -0.3 is 26.4 Å². The van der Waals surface area contributed by atoms with Gasteiger partial charge in [0.05, 0.1) is 0 Å². The first-order valence-electron chi connectivity index (χ1n) is 8.03. The highest BCUT2D eigenvalue weighted by Crippen LogP contribution is 2.35. The van der Waals surface area contributed by atoms with Gasteiger partial charge in [-0.05, 0) is 17.7 Å². The molecule has 2 aliphatic heterocycles. The van der Waals surface area contributed by atoms with E-state index in [2.05, 4.69) is 32.5 Å². The van der Waals surface area contributed by atoms with Crippen molar-refractivity contribution in [3.8, 4) is 16.9 Å². The summed E-state index contributed by atoms with van der Waals surface area (Å²) in [5, 5.41) is 3.35. The maximum absolute atomic E-state index is 5.97. The largest absolute Gasteiger partial charge is 0.460 e. The molecule has 0 unspecified atom stereocenters. The number of rotatable bonds is 2. The molecule has 5 N–H and O–H groups in total. The number of aromatic nitrogens is 2. The van der Waals surface area contributed by atoms with Gasteiger partial charge in [-0.2, -0.15) is 4.98 Å². The molecule has 2 aromatic rings. The first kappa shape index (κ1) is 20.1. The molecule has 0 aliphatic carbocycles. The van der Waals surface area contributed by atoms with Crippen molar-refractivity contribution in [3.05, 3.63) is 41.9 Å². The van der Waals surface area contributed by atoms with E-state index >= 15 is 0 Å². The van der Waals surface area contributed by atoms with E-state index < -0.39 is 0 Å². The number of nitrogens with zero attached hydrogens (tertiary/aromatic N) is 3. The van der Waals surface area contributed by atoms with Gasteiger partial charge >= 0.3 is 0 Å². The quantitative estimate of drug-likeness (QED) is 0.711. The lowest BCUT2D eigenvalue weighted by molar-refractivity contribution is 0.308. The highest BCUT2D eigenvalue weighted by Gasteiger charge is 2.20. The van der Waals surface area contributed by atoms with Gasteiger partial charge in [-0.15, -0.1) is 24.8 Å². The van der Waals surface area contributed by atoms with Crippen LogP contribution in [0.4, 0.5) is 11.8 Å². The first-order chi connectivity index (χ1) is 11.7. The fourth-order valence-electron chi connectivity index (χ4n) is 3.07. The molecule has 1 saturated heterocycles. The van der Waals surface area contributed by atoms with E-state index in [4.69, 9.17) is 16.2 Å². The predicted molar refractivity (Wildman–Crippen MR) is 108 cm³/mol. The molecule has 2 aliphatic rings. The van der Waals surface area contributed by atoms with Gasteiger partial charge in [-0.1, -0.05) is 6.07 Å². The number of allylic oxidation sites excluding steroid dienone is 1. The Morgan fingerprint density at radius 2 is 1.92 bits per heavy atom. The standard InChI is InChI=1S/C17H20N6O.2ClH/c18-16-14(9-21-17(19)22-16)11-1-2-15-12(7-11)8-13(24-15)10-23-5-3-20-4-6-23;;/h1-2,7,9-10,20H,3-6,8H2,(H4,18,19,21,22);2*1H. The number of nitrogen functional groups attached to an aromatic ring is 2. The molecule has 0 atom stereocenters. The first-order valence-corrected chi connectivity index (χ1v) is 8.03. The third kappa shape index (κ3) is 4.12. The Morgan fingerprint density at radius 3 is 2.65 bits per heavy atom. The van der Waals surface area contributed by atoms with Crippen LogP contribution in [0.25, 0.3) is 11.1 Å². The Balaban J connectivity index is 0.00000121. The number of hydrogen-bond donors (Lipinski definition) is 3. The van der Waals surface area contributed by atoms with Crippen molar-refractivity contribution < 1.29 is 4.74 Å². The summed E-state index contributed by atoms with van der Waals surface area (Å²) in [7, 11) is 0. The van der Waals surface area contributed by atoms with Crippen molar-refractivity contribution in [2.75, 3.05) is 37.6 Å². The van der Waals surface area contributed by atoms with Crippen LogP contribution in [0.15, 0.2) is 36.4 Å². The topological polar surface area (TPSA) is 102 Å². The zero-order valence-corrected chi connectivity index (χ0v) is 15.8. The molecule has 0 radical (unpaired) electrons. The van der Waals surface area contributed by atoms with E-state index in [1.165, 1.54) is 0 Å².